The van der Waals surface area contributed by atoms with Crippen LogP contribution in [0.2, 0.25) is 0 Å². The van der Waals surface area contributed by atoms with Crippen LogP contribution in [0, 0.1) is 5.41 Å². The second kappa shape index (κ2) is 5.98. The van der Waals surface area contributed by atoms with E-state index in [4.69, 9.17) is 0 Å². The fraction of sp³-hybridized carbons (Fsp3) is 0.273. The minimum Gasteiger partial charge on any atom is -0.361 e. The molecular formula is C22H21N3O2. The molecule has 1 spiro atoms. The molecule has 0 aliphatic carbocycles. The molecule has 2 aliphatic heterocycles. The summed E-state index contributed by atoms with van der Waals surface area (Å²) in [6.07, 6.45) is 2.58. The van der Waals surface area contributed by atoms with Gasteiger partial charge in [-0.2, -0.15) is 0 Å². The normalized spacial score (nSPS) is 24.7. The van der Waals surface area contributed by atoms with Gasteiger partial charge < -0.3 is 15.2 Å². The lowest BCUT2D eigenvalue weighted by Crippen LogP contribution is -2.39. The number of benzene rings is 2. The van der Waals surface area contributed by atoms with Crippen LogP contribution in [-0.2, 0) is 4.79 Å². The Morgan fingerprint density at radius 3 is 2.81 bits per heavy atom. The molecule has 2 N–H and O–H groups in total. The molecule has 3 aromatic rings. The number of aromatic amines is 1. The SMILES string of the molecule is O=C(c1ccc2[nH]ccc2c1)N1CC[C@@]2(C1)C(=O)NC[C@@H]2c1ccccc1. The van der Waals surface area contributed by atoms with Crippen molar-refractivity contribution < 1.29 is 9.59 Å². The van der Waals surface area contributed by atoms with Gasteiger partial charge in [-0.3, -0.25) is 9.59 Å². The van der Waals surface area contributed by atoms with E-state index in [0.717, 1.165) is 10.9 Å². The maximum absolute atomic E-state index is 13.1. The summed E-state index contributed by atoms with van der Waals surface area (Å²) < 4.78 is 0. The van der Waals surface area contributed by atoms with Crippen LogP contribution in [0.25, 0.3) is 10.9 Å². The monoisotopic (exact) mass is 359 g/mol. The van der Waals surface area contributed by atoms with Gasteiger partial charge in [0.25, 0.3) is 5.91 Å². The van der Waals surface area contributed by atoms with Crippen molar-refractivity contribution >= 4 is 22.7 Å². The molecule has 5 heteroatoms. The van der Waals surface area contributed by atoms with Crippen LogP contribution in [0.3, 0.4) is 0 Å². The third-order valence-corrected chi connectivity index (χ3v) is 6.18. The molecule has 5 nitrogen and oxygen atoms in total. The molecule has 136 valence electrons. The van der Waals surface area contributed by atoms with Crippen molar-refractivity contribution in [2.45, 2.75) is 12.3 Å². The van der Waals surface area contributed by atoms with Crippen LogP contribution in [0.1, 0.15) is 28.3 Å². The van der Waals surface area contributed by atoms with E-state index in [-0.39, 0.29) is 17.7 Å². The van der Waals surface area contributed by atoms with E-state index >= 15 is 0 Å². The third kappa shape index (κ3) is 2.46. The van der Waals surface area contributed by atoms with Crippen LogP contribution in [0.15, 0.2) is 60.8 Å². The largest absolute Gasteiger partial charge is 0.361 e. The number of carbonyl (C=O) groups excluding carboxylic acids is 2. The zero-order valence-corrected chi connectivity index (χ0v) is 14.9. The molecule has 0 saturated carbocycles. The lowest BCUT2D eigenvalue weighted by atomic mass is 9.73. The number of amides is 2. The topological polar surface area (TPSA) is 65.2 Å². The Bertz CT molecular complexity index is 1030. The maximum atomic E-state index is 13.1. The minimum atomic E-state index is -0.519. The molecule has 2 aromatic carbocycles. The number of hydrogen-bond acceptors (Lipinski definition) is 2. The van der Waals surface area contributed by atoms with Gasteiger partial charge >= 0.3 is 0 Å². The Kier molecular flexibility index (Phi) is 3.57. The van der Waals surface area contributed by atoms with Gasteiger partial charge in [0, 0.05) is 48.2 Å². The molecule has 2 amide bonds. The molecule has 2 saturated heterocycles. The van der Waals surface area contributed by atoms with Crippen molar-refractivity contribution in [3.8, 4) is 0 Å². The molecular weight excluding hydrogens is 338 g/mol. The Morgan fingerprint density at radius 2 is 1.96 bits per heavy atom. The maximum Gasteiger partial charge on any atom is 0.253 e. The molecule has 0 unspecified atom stereocenters. The summed E-state index contributed by atoms with van der Waals surface area (Å²) >= 11 is 0. The minimum absolute atomic E-state index is 0.00138. The van der Waals surface area contributed by atoms with Crippen molar-refractivity contribution in [3.05, 3.63) is 71.9 Å². The van der Waals surface area contributed by atoms with Crippen molar-refractivity contribution in [2.24, 2.45) is 5.41 Å². The number of rotatable bonds is 2. The predicted molar refractivity (Wildman–Crippen MR) is 103 cm³/mol. The van der Waals surface area contributed by atoms with Crippen molar-refractivity contribution in [1.82, 2.24) is 15.2 Å². The fourth-order valence-corrected chi connectivity index (χ4v) is 4.69. The van der Waals surface area contributed by atoms with Crippen LogP contribution < -0.4 is 5.32 Å². The fourth-order valence-electron chi connectivity index (χ4n) is 4.69. The standard InChI is InChI=1S/C22H21N3O2/c26-20(17-6-7-19-16(12-17)8-10-23-19)25-11-9-22(14-25)18(13-24-21(22)27)15-4-2-1-3-5-15/h1-8,10,12,18,23H,9,11,13-14H2,(H,24,27)/t18-,22+/m1/s1. The average molecular weight is 359 g/mol. The first-order valence-corrected chi connectivity index (χ1v) is 9.37. The van der Waals surface area contributed by atoms with E-state index in [1.807, 2.05) is 53.6 Å². The first-order chi connectivity index (χ1) is 13.2. The highest BCUT2D eigenvalue weighted by Gasteiger charge is 2.55. The second-order valence-electron chi connectivity index (χ2n) is 7.59. The number of aromatic nitrogens is 1. The Labute approximate surface area is 157 Å². The highest BCUT2D eigenvalue weighted by Crippen LogP contribution is 2.47. The number of nitrogens with zero attached hydrogens (tertiary/aromatic N) is 1. The first-order valence-electron chi connectivity index (χ1n) is 9.37. The van der Waals surface area contributed by atoms with Crippen LogP contribution in [-0.4, -0.2) is 41.3 Å². The smallest absolute Gasteiger partial charge is 0.253 e. The zero-order chi connectivity index (χ0) is 18.4. The predicted octanol–water partition coefficient (Wildman–Crippen LogP) is 2.91. The molecule has 0 radical (unpaired) electrons. The van der Waals surface area contributed by atoms with E-state index in [1.54, 1.807) is 0 Å². The van der Waals surface area contributed by atoms with Gasteiger partial charge in [0.05, 0.1) is 5.41 Å². The summed E-state index contributed by atoms with van der Waals surface area (Å²) in [5, 5.41) is 4.06. The van der Waals surface area contributed by atoms with Gasteiger partial charge in [0.15, 0.2) is 0 Å². The van der Waals surface area contributed by atoms with E-state index in [1.165, 1.54) is 5.56 Å². The highest BCUT2D eigenvalue weighted by molar-refractivity contribution is 5.99. The molecule has 3 heterocycles. The lowest BCUT2D eigenvalue weighted by molar-refractivity contribution is -0.127. The van der Waals surface area contributed by atoms with Gasteiger partial charge in [-0.15, -0.1) is 0 Å². The summed E-state index contributed by atoms with van der Waals surface area (Å²) in [5.74, 6) is 0.186. The van der Waals surface area contributed by atoms with Gasteiger partial charge in [-0.05, 0) is 36.2 Å². The van der Waals surface area contributed by atoms with Crippen molar-refractivity contribution in [1.29, 1.82) is 0 Å². The van der Waals surface area contributed by atoms with Gasteiger partial charge in [0.1, 0.15) is 0 Å². The molecule has 1 aromatic heterocycles. The van der Waals surface area contributed by atoms with Crippen LogP contribution in [0.4, 0.5) is 0 Å². The molecule has 0 bridgehead atoms. The average Bonchev–Trinajstić information content (AvgIpc) is 3.42. The number of hydrogen-bond donors (Lipinski definition) is 2. The van der Waals surface area contributed by atoms with E-state index < -0.39 is 5.41 Å². The third-order valence-electron chi connectivity index (χ3n) is 6.18. The van der Waals surface area contributed by atoms with Crippen LogP contribution >= 0.6 is 0 Å². The quantitative estimate of drug-likeness (QED) is 0.739. The lowest BCUT2D eigenvalue weighted by Gasteiger charge is -2.28. The van der Waals surface area contributed by atoms with Crippen molar-refractivity contribution in [2.75, 3.05) is 19.6 Å². The van der Waals surface area contributed by atoms with Gasteiger partial charge in [0.2, 0.25) is 5.91 Å². The Balaban J connectivity index is 1.43. The number of likely N-dealkylation sites (tertiary alicyclic amines) is 1. The van der Waals surface area contributed by atoms with E-state index in [2.05, 4.69) is 22.4 Å². The zero-order valence-electron chi connectivity index (χ0n) is 14.9. The molecule has 2 fully saturated rings. The molecule has 2 aliphatic rings. The summed E-state index contributed by atoms with van der Waals surface area (Å²) in [4.78, 5) is 30.8. The van der Waals surface area contributed by atoms with E-state index in [0.29, 0.717) is 31.6 Å². The highest BCUT2D eigenvalue weighted by atomic mass is 16.2. The number of nitrogens with one attached hydrogen (secondary N) is 2. The molecule has 2 atom stereocenters. The second-order valence-corrected chi connectivity index (χ2v) is 7.59. The number of H-pyrrole nitrogens is 1. The summed E-state index contributed by atoms with van der Waals surface area (Å²) in [6.45, 7) is 1.73. The first kappa shape index (κ1) is 16.1. The number of fused-ring (bicyclic) bond motifs is 1. The molecule has 5 rings (SSSR count). The number of carbonyl (C=O) groups is 2. The van der Waals surface area contributed by atoms with Crippen molar-refractivity contribution in [3.63, 3.8) is 0 Å². The Morgan fingerprint density at radius 1 is 1.11 bits per heavy atom. The van der Waals surface area contributed by atoms with E-state index in [9.17, 15) is 9.59 Å². The summed E-state index contributed by atoms with van der Waals surface area (Å²) in [6, 6.07) is 17.8. The Hall–Kier alpha value is -3.08. The van der Waals surface area contributed by atoms with Gasteiger partial charge in [-0.1, -0.05) is 30.3 Å². The van der Waals surface area contributed by atoms with Gasteiger partial charge in [-0.25, -0.2) is 0 Å². The van der Waals surface area contributed by atoms with Crippen LogP contribution in [0.5, 0.6) is 0 Å². The molecule has 27 heavy (non-hydrogen) atoms. The summed E-state index contributed by atoms with van der Waals surface area (Å²) in [5.41, 5.74) is 2.34. The summed E-state index contributed by atoms with van der Waals surface area (Å²) in [7, 11) is 0.